The van der Waals surface area contributed by atoms with Gasteiger partial charge < -0.3 is 5.11 Å². The first kappa shape index (κ1) is 10.0. The number of hydrogen-bond donors (Lipinski definition) is 1. The molecule has 0 spiro atoms. The summed E-state index contributed by atoms with van der Waals surface area (Å²) >= 11 is 0. The van der Waals surface area contributed by atoms with E-state index in [1.165, 1.54) is 0 Å². The third kappa shape index (κ3) is 1.52. The number of hydrogen-bond acceptors (Lipinski definition) is 1. The van der Waals surface area contributed by atoms with E-state index in [1.54, 1.807) is 0 Å². The van der Waals surface area contributed by atoms with Gasteiger partial charge in [-0.15, -0.1) is 0 Å². The first-order chi connectivity index (χ1) is 5.26. The van der Waals surface area contributed by atoms with Crippen LogP contribution < -0.4 is 0 Å². The maximum Gasteiger partial charge on any atom is 0.0701 e. The van der Waals surface area contributed by atoms with E-state index in [0.717, 1.165) is 24.7 Å². The Bertz CT molecular complexity index is 158. The van der Waals surface area contributed by atoms with Crippen LogP contribution in [0.4, 0.5) is 0 Å². The Kier molecular flexibility index (Phi) is 2.28. The van der Waals surface area contributed by atoms with Crippen LogP contribution in [0.3, 0.4) is 0 Å². The Labute approximate surface area is 76.2 Å². The van der Waals surface area contributed by atoms with Gasteiger partial charge in [-0.3, -0.25) is 0 Å². The van der Waals surface area contributed by atoms with Gasteiger partial charge in [0.2, 0.25) is 0 Å². The van der Waals surface area contributed by atoms with Gasteiger partial charge in [-0.05, 0) is 30.1 Å². The highest BCUT2D eigenvalue weighted by Gasteiger charge is 2.50. The minimum atomic E-state index is -0.387. The molecule has 0 heterocycles. The Morgan fingerprint density at radius 2 is 1.67 bits per heavy atom. The molecule has 1 aliphatic carbocycles. The molecular formula is C11H22O. The van der Waals surface area contributed by atoms with Crippen LogP contribution >= 0.6 is 0 Å². The summed E-state index contributed by atoms with van der Waals surface area (Å²) in [5.74, 6) is 1.47. The molecule has 0 unspecified atom stereocenters. The standard InChI is InChI=1S/C11H22O/c1-8(2)9-6-11(12,7-9)10(3,4)5/h8-9,12H,6-7H2,1-5H3. The normalized spacial score (nSPS) is 36.8. The van der Waals surface area contributed by atoms with Gasteiger partial charge in [0.15, 0.2) is 0 Å². The molecule has 1 saturated carbocycles. The minimum absolute atomic E-state index is 0.0540. The molecule has 12 heavy (non-hydrogen) atoms. The molecule has 0 aliphatic heterocycles. The van der Waals surface area contributed by atoms with Gasteiger partial charge in [0, 0.05) is 0 Å². The topological polar surface area (TPSA) is 20.2 Å². The summed E-state index contributed by atoms with van der Waals surface area (Å²) in [4.78, 5) is 0. The molecular weight excluding hydrogens is 148 g/mol. The van der Waals surface area contributed by atoms with Crippen molar-refractivity contribution in [2.75, 3.05) is 0 Å². The fourth-order valence-corrected chi connectivity index (χ4v) is 1.89. The smallest absolute Gasteiger partial charge is 0.0701 e. The highest BCUT2D eigenvalue weighted by atomic mass is 16.3. The largest absolute Gasteiger partial charge is 0.389 e. The zero-order valence-electron chi connectivity index (χ0n) is 9.02. The summed E-state index contributed by atoms with van der Waals surface area (Å²) in [7, 11) is 0. The molecule has 0 amide bonds. The third-order valence-corrected chi connectivity index (χ3v) is 3.54. The van der Waals surface area contributed by atoms with Crippen LogP contribution in [-0.4, -0.2) is 10.7 Å². The molecule has 1 rings (SSSR count). The van der Waals surface area contributed by atoms with Crippen LogP contribution in [0.1, 0.15) is 47.5 Å². The second-order valence-electron chi connectivity index (χ2n) is 5.69. The van der Waals surface area contributed by atoms with Crippen molar-refractivity contribution in [1.29, 1.82) is 0 Å². The zero-order valence-corrected chi connectivity index (χ0v) is 9.02. The summed E-state index contributed by atoms with van der Waals surface area (Å²) < 4.78 is 0. The van der Waals surface area contributed by atoms with Crippen LogP contribution in [0.5, 0.6) is 0 Å². The van der Waals surface area contributed by atoms with E-state index in [2.05, 4.69) is 34.6 Å². The molecule has 0 bridgehead atoms. The van der Waals surface area contributed by atoms with Gasteiger partial charge in [0.05, 0.1) is 5.60 Å². The maximum atomic E-state index is 10.2. The van der Waals surface area contributed by atoms with E-state index >= 15 is 0 Å². The molecule has 0 radical (unpaired) electrons. The molecule has 72 valence electrons. The fourth-order valence-electron chi connectivity index (χ4n) is 1.89. The molecule has 1 aliphatic rings. The van der Waals surface area contributed by atoms with Crippen LogP contribution in [0.2, 0.25) is 0 Å². The van der Waals surface area contributed by atoms with Gasteiger partial charge in [-0.2, -0.15) is 0 Å². The summed E-state index contributed by atoms with van der Waals surface area (Å²) in [5, 5.41) is 10.2. The Morgan fingerprint density at radius 1 is 1.25 bits per heavy atom. The first-order valence-electron chi connectivity index (χ1n) is 4.99. The van der Waals surface area contributed by atoms with Gasteiger partial charge >= 0.3 is 0 Å². The Morgan fingerprint density at radius 3 is 1.92 bits per heavy atom. The quantitative estimate of drug-likeness (QED) is 0.641. The van der Waals surface area contributed by atoms with E-state index in [0.29, 0.717) is 0 Å². The molecule has 0 saturated heterocycles. The lowest BCUT2D eigenvalue weighted by atomic mass is 9.56. The lowest BCUT2D eigenvalue weighted by Crippen LogP contribution is -2.54. The van der Waals surface area contributed by atoms with Crippen molar-refractivity contribution in [3.05, 3.63) is 0 Å². The van der Waals surface area contributed by atoms with Gasteiger partial charge in [0.1, 0.15) is 0 Å². The second kappa shape index (κ2) is 2.73. The van der Waals surface area contributed by atoms with E-state index in [4.69, 9.17) is 0 Å². The summed E-state index contributed by atoms with van der Waals surface area (Å²) in [6.07, 6.45) is 1.99. The zero-order chi connectivity index (χ0) is 9.57. The molecule has 0 aromatic heterocycles. The molecule has 1 nitrogen and oxygen atoms in total. The summed E-state index contributed by atoms with van der Waals surface area (Å²) in [5.41, 5.74) is -0.333. The molecule has 1 heteroatoms. The minimum Gasteiger partial charge on any atom is -0.389 e. The summed E-state index contributed by atoms with van der Waals surface area (Å²) in [6.45, 7) is 10.9. The summed E-state index contributed by atoms with van der Waals surface area (Å²) in [6, 6.07) is 0. The fraction of sp³-hybridized carbons (Fsp3) is 1.00. The number of rotatable bonds is 1. The van der Waals surface area contributed by atoms with Crippen molar-refractivity contribution in [3.8, 4) is 0 Å². The third-order valence-electron chi connectivity index (χ3n) is 3.54. The second-order valence-corrected chi connectivity index (χ2v) is 5.69. The molecule has 1 fully saturated rings. The van der Waals surface area contributed by atoms with E-state index in [9.17, 15) is 5.11 Å². The van der Waals surface area contributed by atoms with Crippen LogP contribution in [0, 0.1) is 17.3 Å². The molecule has 0 atom stereocenters. The molecule has 1 N–H and O–H groups in total. The van der Waals surface area contributed by atoms with E-state index in [-0.39, 0.29) is 11.0 Å². The van der Waals surface area contributed by atoms with Crippen molar-refractivity contribution >= 4 is 0 Å². The van der Waals surface area contributed by atoms with Crippen molar-refractivity contribution in [3.63, 3.8) is 0 Å². The lowest BCUT2D eigenvalue weighted by molar-refractivity contribution is -0.157. The average molecular weight is 170 g/mol. The maximum absolute atomic E-state index is 10.2. The molecule has 0 aromatic rings. The predicted molar refractivity (Wildman–Crippen MR) is 52.0 cm³/mol. The van der Waals surface area contributed by atoms with Crippen molar-refractivity contribution in [1.82, 2.24) is 0 Å². The first-order valence-corrected chi connectivity index (χ1v) is 4.99. The van der Waals surface area contributed by atoms with E-state index in [1.807, 2.05) is 0 Å². The van der Waals surface area contributed by atoms with Gasteiger partial charge in [-0.1, -0.05) is 34.6 Å². The SMILES string of the molecule is CC(C)C1CC(O)(C(C)(C)C)C1. The highest BCUT2D eigenvalue weighted by molar-refractivity contribution is 5.02. The van der Waals surface area contributed by atoms with Gasteiger partial charge in [0.25, 0.3) is 0 Å². The van der Waals surface area contributed by atoms with Crippen molar-refractivity contribution in [2.24, 2.45) is 17.3 Å². The lowest BCUT2D eigenvalue weighted by Gasteiger charge is -2.53. The Hall–Kier alpha value is -0.0400. The van der Waals surface area contributed by atoms with Crippen LogP contribution in [0.25, 0.3) is 0 Å². The van der Waals surface area contributed by atoms with E-state index < -0.39 is 0 Å². The van der Waals surface area contributed by atoms with Crippen LogP contribution in [0.15, 0.2) is 0 Å². The highest BCUT2D eigenvalue weighted by Crippen LogP contribution is 2.51. The molecule has 0 aromatic carbocycles. The van der Waals surface area contributed by atoms with Crippen molar-refractivity contribution in [2.45, 2.75) is 53.1 Å². The Balaban J connectivity index is 2.51. The average Bonchev–Trinajstić information content (AvgIpc) is 1.77. The van der Waals surface area contributed by atoms with Crippen molar-refractivity contribution < 1.29 is 5.11 Å². The number of aliphatic hydroxyl groups is 1. The van der Waals surface area contributed by atoms with Gasteiger partial charge in [-0.25, -0.2) is 0 Å². The monoisotopic (exact) mass is 170 g/mol. The predicted octanol–water partition coefficient (Wildman–Crippen LogP) is 2.83. The van der Waals surface area contributed by atoms with Crippen LogP contribution in [-0.2, 0) is 0 Å².